The maximum absolute atomic E-state index is 12.4. The molecular weight excluding hydrogens is 364 g/mol. The average Bonchev–Trinajstić information content (AvgIpc) is 3.00. The van der Waals surface area contributed by atoms with Crippen molar-refractivity contribution in [2.45, 2.75) is 25.6 Å². The van der Waals surface area contributed by atoms with Crippen LogP contribution in [0.1, 0.15) is 12.5 Å². The molecule has 2 aromatic rings. The summed E-state index contributed by atoms with van der Waals surface area (Å²) in [6.07, 6.45) is 3.40. The molecule has 27 heavy (non-hydrogen) atoms. The highest BCUT2D eigenvalue weighted by Crippen LogP contribution is 2.30. The van der Waals surface area contributed by atoms with E-state index in [0.717, 1.165) is 30.9 Å². The number of anilines is 1. The van der Waals surface area contributed by atoms with Crippen molar-refractivity contribution in [3.05, 3.63) is 48.3 Å². The number of benzene rings is 1. The first-order valence-electron chi connectivity index (χ1n) is 9.25. The summed E-state index contributed by atoms with van der Waals surface area (Å²) in [6, 6.07) is 9.67. The summed E-state index contributed by atoms with van der Waals surface area (Å²) in [6.45, 7) is 4.83. The Labute approximate surface area is 159 Å². The Morgan fingerprint density at radius 3 is 2.48 bits per heavy atom. The predicted octanol–water partition coefficient (Wildman–Crippen LogP) is 1.36. The van der Waals surface area contributed by atoms with Gasteiger partial charge in [-0.15, -0.1) is 0 Å². The van der Waals surface area contributed by atoms with E-state index in [4.69, 9.17) is 4.74 Å². The molecule has 0 bridgehead atoms. The summed E-state index contributed by atoms with van der Waals surface area (Å²) >= 11 is 0. The van der Waals surface area contributed by atoms with Crippen LogP contribution in [0.5, 0.6) is 5.75 Å². The zero-order valence-corrected chi connectivity index (χ0v) is 16.2. The minimum absolute atomic E-state index is 0.0425. The fourth-order valence-electron chi connectivity index (χ4n) is 4.00. The molecule has 144 valence electrons. The number of piperazine rings is 1. The van der Waals surface area contributed by atoms with Crippen molar-refractivity contribution in [2.24, 2.45) is 0 Å². The second-order valence-corrected chi connectivity index (χ2v) is 9.16. The van der Waals surface area contributed by atoms with Crippen LogP contribution in [0.4, 0.5) is 5.95 Å². The largest absolute Gasteiger partial charge is 0.494 e. The minimum Gasteiger partial charge on any atom is -0.494 e. The molecule has 0 amide bonds. The first-order valence-corrected chi connectivity index (χ1v) is 11.1. The molecule has 4 rings (SSSR count). The van der Waals surface area contributed by atoms with E-state index < -0.39 is 9.84 Å². The lowest BCUT2D eigenvalue weighted by atomic mass is 10.0. The second kappa shape index (κ2) is 7.44. The van der Waals surface area contributed by atoms with E-state index in [1.54, 1.807) is 18.5 Å². The van der Waals surface area contributed by atoms with Gasteiger partial charge in [-0.25, -0.2) is 18.4 Å². The normalized spacial score (nSPS) is 24.6. The van der Waals surface area contributed by atoms with Crippen LogP contribution in [0.15, 0.2) is 42.7 Å². The maximum Gasteiger partial charge on any atom is 0.225 e. The molecule has 8 heteroatoms. The summed E-state index contributed by atoms with van der Waals surface area (Å²) in [5.74, 6) is 1.83. The van der Waals surface area contributed by atoms with Gasteiger partial charge in [0, 0.05) is 38.1 Å². The van der Waals surface area contributed by atoms with E-state index >= 15 is 0 Å². The van der Waals surface area contributed by atoms with Crippen molar-refractivity contribution in [3.63, 3.8) is 0 Å². The van der Waals surface area contributed by atoms with Gasteiger partial charge in [-0.1, -0.05) is 12.1 Å². The SMILES string of the molecule is CCOc1ccc(CN2CCN(c3ncccn3)[C@@H]3CS(=O)(=O)C[C@@H]32)cc1. The number of rotatable bonds is 5. The second-order valence-electron chi connectivity index (χ2n) is 7.00. The Morgan fingerprint density at radius 2 is 1.78 bits per heavy atom. The van der Waals surface area contributed by atoms with Gasteiger partial charge in [0.25, 0.3) is 0 Å². The topological polar surface area (TPSA) is 75.6 Å². The summed E-state index contributed by atoms with van der Waals surface area (Å²) in [5, 5.41) is 0. The molecular formula is C19H24N4O3S. The van der Waals surface area contributed by atoms with Gasteiger partial charge in [-0.05, 0) is 30.7 Å². The molecule has 1 aromatic carbocycles. The van der Waals surface area contributed by atoms with Gasteiger partial charge in [0.1, 0.15) is 5.75 Å². The molecule has 2 aliphatic heterocycles. The van der Waals surface area contributed by atoms with Crippen molar-refractivity contribution >= 4 is 15.8 Å². The van der Waals surface area contributed by atoms with Crippen LogP contribution in [0, 0.1) is 0 Å². The summed E-state index contributed by atoms with van der Waals surface area (Å²) in [5.41, 5.74) is 1.16. The fourth-order valence-corrected chi connectivity index (χ4v) is 6.01. The third kappa shape index (κ3) is 3.91. The number of ether oxygens (including phenoxy) is 1. The molecule has 3 heterocycles. The summed E-state index contributed by atoms with van der Waals surface area (Å²) < 4.78 is 30.3. The van der Waals surface area contributed by atoms with Gasteiger partial charge in [0.2, 0.25) is 5.95 Å². The van der Waals surface area contributed by atoms with Gasteiger partial charge in [-0.3, -0.25) is 4.90 Å². The van der Waals surface area contributed by atoms with Gasteiger partial charge >= 0.3 is 0 Å². The molecule has 0 aliphatic carbocycles. The Morgan fingerprint density at radius 1 is 1.07 bits per heavy atom. The molecule has 2 saturated heterocycles. The monoisotopic (exact) mass is 388 g/mol. The first kappa shape index (κ1) is 18.2. The molecule has 2 atom stereocenters. The molecule has 7 nitrogen and oxygen atoms in total. The van der Waals surface area contributed by atoms with Crippen molar-refractivity contribution in [1.29, 1.82) is 0 Å². The predicted molar refractivity (Wildman–Crippen MR) is 104 cm³/mol. The molecule has 1 aromatic heterocycles. The maximum atomic E-state index is 12.4. The number of hydrogen-bond acceptors (Lipinski definition) is 7. The van der Waals surface area contributed by atoms with E-state index in [2.05, 4.69) is 31.9 Å². The smallest absolute Gasteiger partial charge is 0.225 e. The van der Waals surface area contributed by atoms with Crippen molar-refractivity contribution in [1.82, 2.24) is 14.9 Å². The minimum atomic E-state index is -3.07. The quantitative estimate of drug-likeness (QED) is 0.766. The lowest BCUT2D eigenvalue weighted by Crippen LogP contribution is -2.59. The van der Waals surface area contributed by atoms with Gasteiger partial charge in [-0.2, -0.15) is 0 Å². The summed E-state index contributed by atoms with van der Waals surface area (Å²) in [4.78, 5) is 13.0. The standard InChI is InChI=1S/C19H24N4O3S/c1-2-26-16-6-4-15(5-7-16)12-22-10-11-23(19-20-8-3-9-21-19)18-14-27(24,25)13-17(18)22/h3-9,17-18H,2,10-14H2,1H3/t17-,18+/m0/s1. The van der Waals surface area contributed by atoms with Crippen LogP contribution in [0.2, 0.25) is 0 Å². The number of aromatic nitrogens is 2. The van der Waals surface area contributed by atoms with Crippen LogP contribution in [0.25, 0.3) is 0 Å². The Bertz CT molecular complexity index is 874. The Balaban J connectivity index is 1.54. The van der Waals surface area contributed by atoms with Crippen LogP contribution < -0.4 is 9.64 Å². The Kier molecular flexibility index (Phi) is 5.01. The molecule has 0 unspecified atom stereocenters. The van der Waals surface area contributed by atoms with E-state index in [1.165, 1.54) is 0 Å². The lowest BCUT2D eigenvalue weighted by molar-refractivity contribution is 0.159. The summed E-state index contributed by atoms with van der Waals surface area (Å²) in [7, 11) is -3.07. The van der Waals surface area contributed by atoms with Crippen molar-refractivity contribution in [2.75, 3.05) is 36.1 Å². The number of nitrogens with zero attached hydrogens (tertiary/aromatic N) is 4. The third-order valence-electron chi connectivity index (χ3n) is 5.22. The third-order valence-corrected chi connectivity index (χ3v) is 6.92. The van der Waals surface area contributed by atoms with E-state index in [-0.39, 0.29) is 23.6 Å². The zero-order chi connectivity index (χ0) is 18.9. The Hall–Kier alpha value is -2.19. The van der Waals surface area contributed by atoms with E-state index in [0.29, 0.717) is 12.6 Å². The fraction of sp³-hybridized carbons (Fsp3) is 0.474. The van der Waals surface area contributed by atoms with Crippen LogP contribution in [0.3, 0.4) is 0 Å². The van der Waals surface area contributed by atoms with Crippen LogP contribution in [-0.2, 0) is 16.4 Å². The molecule has 0 N–H and O–H groups in total. The van der Waals surface area contributed by atoms with Gasteiger partial charge in [0.05, 0.1) is 24.2 Å². The van der Waals surface area contributed by atoms with Gasteiger partial charge < -0.3 is 9.64 Å². The lowest BCUT2D eigenvalue weighted by Gasteiger charge is -2.43. The first-order chi connectivity index (χ1) is 13.1. The molecule has 0 saturated carbocycles. The highest BCUT2D eigenvalue weighted by molar-refractivity contribution is 7.91. The molecule has 0 spiro atoms. The number of sulfone groups is 1. The van der Waals surface area contributed by atoms with Crippen molar-refractivity contribution < 1.29 is 13.2 Å². The van der Waals surface area contributed by atoms with Crippen molar-refractivity contribution in [3.8, 4) is 5.75 Å². The van der Waals surface area contributed by atoms with Crippen LogP contribution in [-0.4, -0.2) is 66.6 Å². The molecule has 2 fully saturated rings. The van der Waals surface area contributed by atoms with Crippen LogP contribution >= 0.6 is 0 Å². The number of fused-ring (bicyclic) bond motifs is 1. The highest BCUT2D eigenvalue weighted by Gasteiger charge is 2.47. The molecule has 0 radical (unpaired) electrons. The van der Waals surface area contributed by atoms with Gasteiger partial charge in [0.15, 0.2) is 9.84 Å². The molecule has 2 aliphatic rings. The van der Waals surface area contributed by atoms with E-state index in [1.807, 2.05) is 19.1 Å². The highest BCUT2D eigenvalue weighted by atomic mass is 32.2. The zero-order valence-electron chi connectivity index (χ0n) is 15.4. The number of hydrogen-bond donors (Lipinski definition) is 0. The van der Waals surface area contributed by atoms with E-state index in [9.17, 15) is 8.42 Å². The average molecular weight is 388 g/mol.